The van der Waals surface area contributed by atoms with Crippen molar-refractivity contribution in [1.82, 2.24) is 9.78 Å². The molecule has 0 bridgehead atoms. The first kappa shape index (κ1) is 21.7. The molecule has 0 saturated heterocycles. The number of rotatable bonds is 9. The molecule has 0 saturated carbocycles. The van der Waals surface area contributed by atoms with E-state index in [9.17, 15) is 4.79 Å². The highest BCUT2D eigenvalue weighted by Gasteiger charge is 2.14. The second kappa shape index (κ2) is 10.2. The van der Waals surface area contributed by atoms with E-state index in [0.717, 1.165) is 11.3 Å². The summed E-state index contributed by atoms with van der Waals surface area (Å²) in [6, 6.07) is 13.0. The van der Waals surface area contributed by atoms with E-state index in [1.807, 2.05) is 32.0 Å². The average molecular weight is 474 g/mol. The monoisotopic (exact) mass is 473 g/mol. The fraction of sp³-hybridized carbons (Fsp3) is 0.273. The highest BCUT2D eigenvalue weighted by Crippen LogP contribution is 2.29. The smallest absolute Gasteiger partial charge is 0.277 e. The van der Waals surface area contributed by atoms with Gasteiger partial charge in [-0.05, 0) is 71.7 Å². The van der Waals surface area contributed by atoms with Gasteiger partial charge in [-0.2, -0.15) is 5.10 Å². The second-order valence-electron chi connectivity index (χ2n) is 6.41. The predicted octanol–water partition coefficient (Wildman–Crippen LogP) is 4.81. The van der Waals surface area contributed by atoms with E-state index >= 15 is 0 Å². The van der Waals surface area contributed by atoms with E-state index in [-0.39, 0.29) is 5.91 Å². The fourth-order valence-electron chi connectivity index (χ4n) is 2.79. The van der Waals surface area contributed by atoms with Crippen molar-refractivity contribution in [3.8, 4) is 17.2 Å². The van der Waals surface area contributed by atoms with Crippen molar-refractivity contribution in [1.29, 1.82) is 0 Å². The number of nitrogens with zero attached hydrogens (tertiary/aromatic N) is 2. The minimum Gasteiger partial charge on any atom is -0.490 e. The Kier molecular flexibility index (Phi) is 7.35. The Morgan fingerprint density at radius 1 is 1.03 bits per heavy atom. The first-order valence-electron chi connectivity index (χ1n) is 9.62. The van der Waals surface area contributed by atoms with E-state index in [1.54, 1.807) is 42.2 Å². The van der Waals surface area contributed by atoms with Crippen LogP contribution in [0.2, 0.25) is 0 Å². The quantitative estimate of drug-likeness (QED) is 0.482. The Morgan fingerprint density at radius 2 is 1.73 bits per heavy atom. The van der Waals surface area contributed by atoms with Crippen LogP contribution >= 0.6 is 15.9 Å². The number of benzene rings is 2. The van der Waals surface area contributed by atoms with Gasteiger partial charge in [0.1, 0.15) is 12.4 Å². The number of amides is 1. The van der Waals surface area contributed by atoms with Gasteiger partial charge < -0.3 is 19.5 Å². The van der Waals surface area contributed by atoms with Crippen molar-refractivity contribution in [3.05, 3.63) is 64.4 Å². The molecule has 0 atom stereocenters. The van der Waals surface area contributed by atoms with Crippen molar-refractivity contribution in [3.63, 3.8) is 0 Å². The van der Waals surface area contributed by atoms with Gasteiger partial charge in [-0.25, -0.2) is 0 Å². The summed E-state index contributed by atoms with van der Waals surface area (Å²) in [7, 11) is 1.76. The maximum absolute atomic E-state index is 12.3. The lowest BCUT2D eigenvalue weighted by Crippen LogP contribution is -2.13. The Hall–Kier alpha value is -3.00. The number of carbonyl (C=O) groups excluding carboxylic acids is 1. The number of halogens is 1. The highest BCUT2D eigenvalue weighted by molar-refractivity contribution is 9.10. The van der Waals surface area contributed by atoms with Gasteiger partial charge in [0.2, 0.25) is 0 Å². The summed E-state index contributed by atoms with van der Waals surface area (Å²) in [6.45, 7) is 5.40. The van der Waals surface area contributed by atoms with Gasteiger partial charge in [-0.1, -0.05) is 6.07 Å². The molecule has 0 aliphatic carbocycles. The van der Waals surface area contributed by atoms with Crippen molar-refractivity contribution in [2.45, 2.75) is 20.5 Å². The minimum atomic E-state index is -0.283. The third-order valence-corrected chi connectivity index (χ3v) is 4.71. The van der Waals surface area contributed by atoms with E-state index in [0.29, 0.717) is 47.2 Å². The molecule has 30 heavy (non-hydrogen) atoms. The molecule has 3 aromatic rings. The molecule has 2 aromatic carbocycles. The Balaban J connectivity index is 1.60. The molecule has 0 spiro atoms. The zero-order valence-electron chi connectivity index (χ0n) is 17.1. The number of ether oxygens (including phenoxy) is 3. The normalized spacial score (nSPS) is 10.5. The standard InChI is InChI=1S/C22H24BrN3O4/c1-4-28-19-11-6-15(12-20(19)29-5-2)14-30-17-9-7-16(8-10-17)24-22(27)21-18(23)13-26(3)25-21/h6-13H,4-5,14H2,1-3H3,(H,24,27). The lowest BCUT2D eigenvalue weighted by atomic mass is 10.2. The summed E-state index contributed by atoms with van der Waals surface area (Å²) in [5.41, 5.74) is 1.96. The second-order valence-corrected chi connectivity index (χ2v) is 7.27. The number of hydrogen-bond donors (Lipinski definition) is 1. The Labute approximate surface area is 184 Å². The number of carbonyl (C=O) groups is 1. The summed E-state index contributed by atoms with van der Waals surface area (Å²) < 4.78 is 19.3. The molecule has 3 rings (SSSR count). The molecule has 1 heterocycles. The number of aromatic nitrogens is 2. The third-order valence-electron chi connectivity index (χ3n) is 4.12. The Bertz CT molecular complexity index is 1000. The number of nitrogens with one attached hydrogen (secondary N) is 1. The van der Waals surface area contributed by atoms with E-state index in [4.69, 9.17) is 14.2 Å². The summed E-state index contributed by atoms with van der Waals surface area (Å²) in [5.74, 6) is 1.84. The lowest BCUT2D eigenvalue weighted by Gasteiger charge is -2.13. The largest absolute Gasteiger partial charge is 0.490 e. The van der Waals surface area contributed by atoms with E-state index in [1.165, 1.54) is 0 Å². The van der Waals surface area contributed by atoms with Crippen molar-refractivity contribution in [2.24, 2.45) is 7.05 Å². The molecular weight excluding hydrogens is 450 g/mol. The minimum absolute atomic E-state index is 0.283. The van der Waals surface area contributed by atoms with Crippen molar-refractivity contribution in [2.75, 3.05) is 18.5 Å². The molecule has 0 fully saturated rings. The van der Waals surface area contributed by atoms with Gasteiger partial charge in [0.15, 0.2) is 17.2 Å². The predicted molar refractivity (Wildman–Crippen MR) is 118 cm³/mol. The molecule has 0 radical (unpaired) electrons. The van der Waals surface area contributed by atoms with Gasteiger partial charge in [0, 0.05) is 18.9 Å². The van der Waals surface area contributed by atoms with Crippen LogP contribution in [0, 0.1) is 0 Å². The maximum Gasteiger partial charge on any atom is 0.277 e. The van der Waals surface area contributed by atoms with Crippen LogP contribution in [0.3, 0.4) is 0 Å². The molecule has 158 valence electrons. The summed E-state index contributed by atoms with van der Waals surface area (Å²) in [6.07, 6.45) is 1.73. The van der Waals surface area contributed by atoms with Gasteiger partial charge in [0.05, 0.1) is 17.7 Å². The number of hydrogen-bond acceptors (Lipinski definition) is 5. The van der Waals surface area contributed by atoms with Crippen LogP contribution < -0.4 is 19.5 Å². The molecule has 1 N–H and O–H groups in total. The Morgan fingerprint density at radius 3 is 2.37 bits per heavy atom. The fourth-order valence-corrected chi connectivity index (χ4v) is 3.35. The first-order valence-corrected chi connectivity index (χ1v) is 10.4. The lowest BCUT2D eigenvalue weighted by molar-refractivity contribution is 0.102. The zero-order valence-corrected chi connectivity index (χ0v) is 18.7. The molecule has 0 unspecified atom stereocenters. The van der Waals surface area contributed by atoms with Gasteiger partial charge in [0.25, 0.3) is 5.91 Å². The van der Waals surface area contributed by atoms with Crippen LogP contribution in [0.4, 0.5) is 5.69 Å². The van der Waals surface area contributed by atoms with Crippen molar-refractivity contribution < 1.29 is 19.0 Å². The first-order chi connectivity index (χ1) is 14.5. The molecule has 0 aliphatic rings. The summed E-state index contributed by atoms with van der Waals surface area (Å²) >= 11 is 3.33. The number of anilines is 1. The van der Waals surface area contributed by atoms with Gasteiger partial charge >= 0.3 is 0 Å². The summed E-state index contributed by atoms with van der Waals surface area (Å²) in [4.78, 5) is 12.3. The number of aryl methyl sites for hydroxylation is 1. The molecule has 7 nitrogen and oxygen atoms in total. The molecule has 1 amide bonds. The van der Waals surface area contributed by atoms with Crippen LogP contribution in [0.25, 0.3) is 0 Å². The summed E-state index contributed by atoms with van der Waals surface area (Å²) in [5, 5.41) is 6.96. The van der Waals surface area contributed by atoms with Gasteiger partial charge in [-0.15, -0.1) is 0 Å². The molecule has 0 aliphatic heterocycles. The molecule has 1 aromatic heterocycles. The van der Waals surface area contributed by atoms with E-state index in [2.05, 4.69) is 26.3 Å². The van der Waals surface area contributed by atoms with Crippen LogP contribution in [-0.2, 0) is 13.7 Å². The SMILES string of the molecule is CCOc1ccc(COc2ccc(NC(=O)c3nn(C)cc3Br)cc2)cc1OCC. The third kappa shape index (κ3) is 5.54. The molecular formula is C22H24BrN3O4. The highest BCUT2D eigenvalue weighted by atomic mass is 79.9. The van der Waals surface area contributed by atoms with E-state index < -0.39 is 0 Å². The zero-order chi connectivity index (χ0) is 21.5. The van der Waals surface area contributed by atoms with Crippen LogP contribution in [0.5, 0.6) is 17.2 Å². The van der Waals surface area contributed by atoms with Crippen LogP contribution in [0.15, 0.2) is 53.1 Å². The topological polar surface area (TPSA) is 74.6 Å². The van der Waals surface area contributed by atoms with Crippen LogP contribution in [-0.4, -0.2) is 28.9 Å². The average Bonchev–Trinajstić information content (AvgIpc) is 3.07. The van der Waals surface area contributed by atoms with Crippen LogP contribution in [0.1, 0.15) is 29.9 Å². The van der Waals surface area contributed by atoms with Crippen molar-refractivity contribution >= 4 is 27.5 Å². The molecule has 8 heteroatoms. The maximum atomic E-state index is 12.3. The van der Waals surface area contributed by atoms with Gasteiger partial charge in [-0.3, -0.25) is 9.48 Å².